The molecule has 4 rings (SSSR count). The Hall–Kier alpha value is -3.01. The van der Waals surface area contributed by atoms with Gasteiger partial charge in [-0.2, -0.15) is 0 Å². The normalized spacial score (nSPS) is 17.5. The van der Waals surface area contributed by atoms with Gasteiger partial charge in [0.15, 0.2) is 11.4 Å². The van der Waals surface area contributed by atoms with Crippen LogP contribution in [0, 0.1) is 6.92 Å². The highest BCUT2D eigenvalue weighted by atomic mass is 79.9. The van der Waals surface area contributed by atoms with Gasteiger partial charge in [-0.05, 0) is 48.9 Å². The molecule has 0 aliphatic carbocycles. The van der Waals surface area contributed by atoms with Crippen LogP contribution < -0.4 is 10.0 Å². The maximum absolute atomic E-state index is 13.0. The minimum absolute atomic E-state index is 0.135. The lowest BCUT2D eigenvalue weighted by Crippen LogP contribution is -2.36. The maximum atomic E-state index is 13.0. The molecule has 1 atom stereocenters. The maximum Gasteiger partial charge on any atom is 0.262 e. The van der Waals surface area contributed by atoms with E-state index in [-0.39, 0.29) is 16.1 Å². The highest BCUT2D eigenvalue weighted by Gasteiger charge is 2.46. The molecule has 0 bridgehead atoms. The van der Waals surface area contributed by atoms with Gasteiger partial charge < -0.3 is 10.4 Å². The molecule has 1 amide bonds. The van der Waals surface area contributed by atoms with Gasteiger partial charge in [0, 0.05) is 27.0 Å². The van der Waals surface area contributed by atoms with Gasteiger partial charge in [0.2, 0.25) is 0 Å². The quantitative estimate of drug-likeness (QED) is 0.430. The van der Waals surface area contributed by atoms with Crippen LogP contribution in [0.25, 0.3) is 0 Å². The summed E-state index contributed by atoms with van der Waals surface area (Å²) in [6, 6.07) is 17.5. The Kier molecular flexibility index (Phi) is 5.66. The number of Topliss-reactive ketones (excluding diaryl/α,β-unsaturated/α-hetero) is 1. The third-order valence-corrected chi connectivity index (χ3v) is 7.32. The summed E-state index contributed by atoms with van der Waals surface area (Å²) in [6.07, 6.45) is -0.490. The van der Waals surface area contributed by atoms with Crippen LogP contribution in [0.15, 0.2) is 76.1 Å². The lowest BCUT2D eigenvalue weighted by Gasteiger charge is -2.20. The number of sulfonamides is 1. The Morgan fingerprint density at radius 3 is 2.59 bits per heavy atom. The first kappa shape index (κ1) is 22.2. The molecule has 0 aromatic heterocycles. The van der Waals surface area contributed by atoms with Gasteiger partial charge in [0.05, 0.1) is 11.3 Å². The van der Waals surface area contributed by atoms with Crippen LogP contribution in [0.2, 0.25) is 0 Å². The first-order chi connectivity index (χ1) is 15.1. The van der Waals surface area contributed by atoms with Gasteiger partial charge in [0.1, 0.15) is 0 Å². The standard InChI is InChI=1S/C23H19BrN2O5S/c1-14-5-2-3-8-21(14)32(30,31)26-17-7-4-6-15(11-17)20(27)13-23(29)18-12-16(24)9-10-19(18)25-22(23)28/h2-12,26,29H,13H2,1H3,(H,25,28)/t23-/m1/s1. The number of ketones is 1. The second kappa shape index (κ2) is 8.16. The van der Waals surface area contributed by atoms with Gasteiger partial charge in [0.25, 0.3) is 15.9 Å². The monoisotopic (exact) mass is 514 g/mol. The molecule has 32 heavy (non-hydrogen) atoms. The fourth-order valence-corrected chi connectivity index (χ4v) is 5.31. The van der Waals surface area contributed by atoms with Gasteiger partial charge in [-0.3, -0.25) is 14.3 Å². The molecule has 3 aromatic carbocycles. The molecule has 1 heterocycles. The summed E-state index contributed by atoms with van der Waals surface area (Å²) in [6.45, 7) is 1.69. The summed E-state index contributed by atoms with van der Waals surface area (Å²) in [4.78, 5) is 25.5. The van der Waals surface area contributed by atoms with Gasteiger partial charge in [-0.1, -0.05) is 46.3 Å². The van der Waals surface area contributed by atoms with Crippen molar-refractivity contribution >= 4 is 49.0 Å². The summed E-state index contributed by atoms with van der Waals surface area (Å²) >= 11 is 3.31. The molecule has 0 saturated heterocycles. The second-order valence-corrected chi connectivity index (χ2v) is 10.1. The van der Waals surface area contributed by atoms with E-state index in [2.05, 4.69) is 26.0 Å². The Morgan fingerprint density at radius 1 is 1.09 bits per heavy atom. The molecule has 0 radical (unpaired) electrons. The average Bonchev–Trinajstić information content (AvgIpc) is 2.98. The van der Waals surface area contributed by atoms with Crippen molar-refractivity contribution in [3.05, 3.63) is 87.9 Å². The van der Waals surface area contributed by atoms with Crippen LogP contribution in [0.4, 0.5) is 11.4 Å². The summed E-state index contributed by atoms with van der Waals surface area (Å²) in [5, 5.41) is 13.6. The third kappa shape index (κ3) is 4.06. The van der Waals surface area contributed by atoms with E-state index in [0.717, 1.165) is 0 Å². The van der Waals surface area contributed by atoms with Crippen molar-refractivity contribution < 1.29 is 23.1 Å². The number of fused-ring (bicyclic) bond motifs is 1. The largest absolute Gasteiger partial charge is 0.375 e. The van der Waals surface area contributed by atoms with Gasteiger partial charge in [-0.25, -0.2) is 8.42 Å². The van der Waals surface area contributed by atoms with Crippen LogP contribution >= 0.6 is 15.9 Å². The zero-order valence-corrected chi connectivity index (χ0v) is 19.3. The van der Waals surface area contributed by atoms with Gasteiger partial charge >= 0.3 is 0 Å². The van der Waals surface area contributed by atoms with Crippen molar-refractivity contribution in [2.24, 2.45) is 0 Å². The molecule has 1 aliphatic heterocycles. The van der Waals surface area contributed by atoms with Crippen molar-refractivity contribution in [1.82, 2.24) is 0 Å². The van der Waals surface area contributed by atoms with Crippen molar-refractivity contribution in [2.45, 2.75) is 23.8 Å². The van der Waals surface area contributed by atoms with Crippen molar-refractivity contribution in [3.63, 3.8) is 0 Å². The molecule has 1 aliphatic rings. The summed E-state index contributed by atoms with van der Waals surface area (Å²) in [7, 11) is -3.85. The third-order valence-electron chi connectivity index (χ3n) is 5.29. The van der Waals surface area contributed by atoms with Crippen molar-refractivity contribution in [2.75, 3.05) is 10.0 Å². The van der Waals surface area contributed by atoms with Gasteiger partial charge in [-0.15, -0.1) is 0 Å². The Morgan fingerprint density at radius 2 is 1.84 bits per heavy atom. The lowest BCUT2D eigenvalue weighted by molar-refractivity contribution is -0.133. The van der Waals surface area contributed by atoms with E-state index < -0.39 is 33.7 Å². The molecule has 3 N–H and O–H groups in total. The Balaban J connectivity index is 1.59. The number of halogens is 1. The first-order valence-electron chi connectivity index (χ1n) is 9.66. The smallest absolute Gasteiger partial charge is 0.262 e. The summed E-state index contributed by atoms with van der Waals surface area (Å²) in [5.74, 6) is -1.19. The molecular formula is C23H19BrN2O5S. The first-order valence-corrected chi connectivity index (χ1v) is 11.9. The van der Waals surface area contributed by atoms with E-state index in [0.29, 0.717) is 21.3 Å². The van der Waals surface area contributed by atoms with E-state index in [9.17, 15) is 23.1 Å². The van der Waals surface area contributed by atoms with E-state index in [1.165, 1.54) is 30.3 Å². The number of hydrogen-bond acceptors (Lipinski definition) is 5. The summed E-state index contributed by atoms with van der Waals surface area (Å²) in [5.41, 5.74) is -0.321. The highest BCUT2D eigenvalue weighted by molar-refractivity contribution is 9.10. The molecule has 0 saturated carbocycles. The van der Waals surface area contributed by atoms with Crippen molar-refractivity contribution in [1.29, 1.82) is 0 Å². The molecule has 0 unspecified atom stereocenters. The van der Waals surface area contributed by atoms with Crippen LogP contribution in [-0.4, -0.2) is 25.2 Å². The van der Waals surface area contributed by atoms with Crippen LogP contribution in [0.5, 0.6) is 0 Å². The van der Waals surface area contributed by atoms with E-state index >= 15 is 0 Å². The number of aryl methyl sites for hydroxylation is 1. The van der Waals surface area contributed by atoms with E-state index in [1.54, 1.807) is 43.3 Å². The SMILES string of the molecule is Cc1ccccc1S(=O)(=O)Nc1cccc(C(=O)C[C@]2(O)C(=O)Nc3ccc(Br)cc32)c1. The predicted molar refractivity (Wildman–Crippen MR) is 124 cm³/mol. The van der Waals surface area contributed by atoms with E-state index in [1.807, 2.05) is 0 Å². The minimum atomic E-state index is -3.85. The molecule has 164 valence electrons. The highest BCUT2D eigenvalue weighted by Crippen LogP contribution is 2.40. The molecular weight excluding hydrogens is 496 g/mol. The number of amides is 1. The number of nitrogens with one attached hydrogen (secondary N) is 2. The van der Waals surface area contributed by atoms with Crippen LogP contribution in [-0.2, 0) is 20.4 Å². The topological polar surface area (TPSA) is 113 Å². The second-order valence-electron chi connectivity index (χ2n) is 7.56. The van der Waals surface area contributed by atoms with Crippen molar-refractivity contribution in [3.8, 4) is 0 Å². The molecule has 9 heteroatoms. The van der Waals surface area contributed by atoms with Crippen LogP contribution in [0.3, 0.4) is 0 Å². The minimum Gasteiger partial charge on any atom is -0.375 e. The van der Waals surface area contributed by atoms with E-state index in [4.69, 9.17) is 0 Å². The molecule has 0 spiro atoms. The fourth-order valence-electron chi connectivity index (χ4n) is 3.65. The lowest BCUT2D eigenvalue weighted by atomic mass is 9.88. The average molecular weight is 515 g/mol. The molecule has 3 aromatic rings. The van der Waals surface area contributed by atoms with Crippen LogP contribution in [0.1, 0.15) is 27.9 Å². The fraction of sp³-hybridized carbons (Fsp3) is 0.130. The number of carbonyl (C=O) groups excluding carboxylic acids is 2. The summed E-state index contributed by atoms with van der Waals surface area (Å²) < 4.78 is 28.6. The number of anilines is 2. The zero-order chi connectivity index (χ0) is 23.1. The number of rotatable bonds is 6. The number of hydrogen-bond donors (Lipinski definition) is 3. The Labute approximate surface area is 193 Å². The molecule has 0 fully saturated rings. The molecule has 7 nitrogen and oxygen atoms in total. The Bertz CT molecular complexity index is 1360. The number of benzene rings is 3. The zero-order valence-electron chi connectivity index (χ0n) is 16.9. The predicted octanol–water partition coefficient (Wildman–Crippen LogP) is 3.97. The number of aliphatic hydroxyl groups is 1. The number of carbonyl (C=O) groups is 2.